The van der Waals surface area contributed by atoms with Gasteiger partial charge in [-0.25, -0.2) is 0 Å². The van der Waals surface area contributed by atoms with E-state index in [0.717, 1.165) is 18.8 Å². The zero-order valence-electron chi connectivity index (χ0n) is 10.4. The lowest BCUT2D eigenvalue weighted by molar-refractivity contribution is 0.192. The van der Waals surface area contributed by atoms with E-state index in [1.54, 1.807) is 0 Å². The molecule has 1 saturated heterocycles. The molecule has 3 rings (SSSR count). The van der Waals surface area contributed by atoms with Crippen molar-refractivity contribution >= 4 is 0 Å². The maximum absolute atomic E-state index is 5.31. The minimum atomic E-state index is 0.235. The highest BCUT2D eigenvalue weighted by atomic mass is 16.5. The zero-order chi connectivity index (χ0) is 12.5. The van der Waals surface area contributed by atoms with Crippen molar-refractivity contribution in [1.82, 2.24) is 15.3 Å². The summed E-state index contributed by atoms with van der Waals surface area (Å²) in [6.07, 6.45) is 0.940. The summed E-state index contributed by atoms with van der Waals surface area (Å²) >= 11 is 0. The highest BCUT2D eigenvalue weighted by Gasteiger charge is 2.24. The second kappa shape index (κ2) is 4.53. The Hall–Kier alpha value is -1.69. The Kier molecular flexibility index (Phi) is 2.87. The summed E-state index contributed by atoms with van der Waals surface area (Å²) in [6, 6.07) is 1.84. The minimum absolute atomic E-state index is 0.235. The Morgan fingerprint density at radius 2 is 2.17 bits per heavy atom. The molecule has 0 radical (unpaired) electrons. The fourth-order valence-electron chi connectivity index (χ4n) is 1.91. The van der Waals surface area contributed by atoms with Gasteiger partial charge >= 0.3 is 0 Å². The molecule has 6 heteroatoms. The molecule has 3 heterocycles. The molecular weight excluding hydrogens is 234 g/mol. The normalized spacial score (nSPS) is 19.8. The van der Waals surface area contributed by atoms with E-state index in [0.29, 0.717) is 24.0 Å². The molecule has 0 saturated carbocycles. The molecule has 18 heavy (non-hydrogen) atoms. The van der Waals surface area contributed by atoms with Crippen LogP contribution in [0.15, 0.2) is 15.1 Å². The number of rotatable bonds is 3. The van der Waals surface area contributed by atoms with Crippen molar-refractivity contribution in [2.75, 3.05) is 13.2 Å². The zero-order valence-corrected chi connectivity index (χ0v) is 10.4. The highest BCUT2D eigenvalue weighted by molar-refractivity contribution is 5.46. The summed E-state index contributed by atoms with van der Waals surface area (Å²) in [5.41, 5.74) is 0.594. The van der Waals surface area contributed by atoms with Crippen LogP contribution in [0.2, 0.25) is 0 Å². The van der Waals surface area contributed by atoms with Crippen molar-refractivity contribution in [2.24, 2.45) is 0 Å². The van der Waals surface area contributed by atoms with E-state index in [9.17, 15) is 0 Å². The van der Waals surface area contributed by atoms with Crippen LogP contribution in [-0.4, -0.2) is 28.5 Å². The van der Waals surface area contributed by atoms with Gasteiger partial charge in [0.2, 0.25) is 0 Å². The molecule has 96 valence electrons. The van der Waals surface area contributed by atoms with Crippen molar-refractivity contribution in [3.05, 3.63) is 17.7 Å². The third-order valence-corrected chi connectivity index (χ3v) is 3.05. The first-order valence-corrected chi connectivity index (χ1v) is 6.12. The molecule has 1 unspecified atom stereocenters. The first kappa shape index (κ1) is 11.4. The number of ether oxygens (including phenoxy) is 1. The summed E-state index contributed by atoms with van der Waals surface area (Å²) in [6.45, 7) is 5.50. The average Bonchev–Trinajstić information content (AvgIpc) is 3.10. The van der Waals surface area contributed by atoms with E-state index in [4.69, 9.17) is 13.8 Å². The summed E-state index contributed by atoms with van der Waals surface area (Å²) in [4.78, 5) is 4.35. The molecule has 1 aliphatic heterocycles. The van der Waals surface area contributed by atoms with Crippen LogP contribution in [0.3, 0.4) is 0 Å². The van der Waals surface area contributed by atoms with Gasteiger partial charge in [0.05, 0.1) is 6.61 Å². The molecule has 0 aromatic carbocycles. The molecule has 6 nitrogen and oxygen atoms in total. The van der Waals surface area contributed by atoms with Crippen LogP contribution >= 0.6 is 0 Å². The maximum atomic E-state index is 5.31. The Balaban J connectivity index is 1.83. The Bertz CT molecular complexity index is 526. The number of aromatic nitrogens is 3. The lowest BCUT2D eigenvalue weighted by Crippen LogP contribution is -1.99. The third kappa shape index (κ3) is 2.03. The predicted molar refractivity (Wildman–Crippen MR) is 62.1 cm³/mol. The highest BCUT2D eigenvalue weighted by Crippen LogP contribution is 2.26. The Labute approximate surface area is 104 Å². The van der Waals surface area contributed by atoms with Crippen molar-refractivity contribution in [3.8, 4) is 11.6 Å². The average molecular weight is 249 g/mol. The second-order valence-corrected chi connectivity index (χ2v) is 4.79. The van der Waals surface area contributed by atoms with Crippen molar-refractivity contribution < 1.29 is 13.8 Å². The lowest BCUT2D eigenvalue weighted by atomic mass is 10.1. The van der Waals surface area contributed by atoms with Crippen LogP contribution < -0.4 is 0 Å². The molecule has 1 fully saturated rings. The molecule has 0 N–H and O–H groups in total. The van der Waals surface area contributed by atoms with Gasteiger partial charge < -0.3 is 13.8 Å². The van der Waals surface area contributed by atoms with Gasteiger partial charge in [0.15, 0.2) is 11.5 Å². The number of nitrogens with zero attached hydrogens (tertiary/aromatic N) is 3. The SMILES string of the molecule is CC(C)c1cc(-c2nc(C3CCOC3)no2)no1. The molecule has 2 aromatic heterocycles. The van der Waals surface area contributed by atoms with E-state index in [1.165, 1.54) is 0 Å². The molecule has 1 aliphatic rings. The van der Waals surface area contributed by atoms with Crippen molar-refractivity contribution in [1.29, 1.82) is 0 Å². The summed E-state index contributed by atoms with van der Waals surface area (Å²) in [7, 11) is 0. The van der Waals surface area contributed by atoms with Crippen LogP contribution in [-0.2, 0) is 4.74 Å². The Morgan fingerprint density at radius 1 is 1.28 bits per heavy atom. The van der Waals surface area contributed by atoms with E-state index in [2.05, 4.69) is 15.3 Å². The summed E-state index contributed by atoms with van der Waals surface area (Å²) in [5, 5.41) is 7.93. The first-order chi connectivity index (χ1) is 8.74. The van der Waals surface area contributed by atoms with Gasteiger partial charge in [-0.15, -0.1) is 0 Å². The predicted octanol–water partition coefficient (Wildman–Crippen LogP) is 2.35. The monoisotopic (exact) mass is 249 g/mol. The van der Waals surface area contributed by atoms with E-state index >= 15 is 0 Å². The van der Waals surface area contributed by atoms with Gasteiger partial charge in [-0.1, -0.05) is 24.2 Å². The van der Waals surface area contributed by atoms with Gasteiger partial charge in [0.1, 0.15) is 5.76 Å². The topological polar surface area (TPSA) is 74.2 Å². The quantitative estimate of drug-likeness (QED) is 0.831. The van der Waals surface area contributed by atoms with E-state index < -0.39 is 0 Å². The van der Waals surface area contributed by atoms with Crippen LogP contribution in [0.5, 0.6) is 0 Å². The molecule has 2 aromatic rings. The summed E-state index contributed by atoms with van der Waals surface area (Å²) < 4.78 is 15.7. The van der Waals surface area contributed by atoms with Crippen molar-refractivity contribution in [3.63, 3.8) is 0 Å². The van der Waals surface area contributed by atoms with Gasteiger partial charge in [0.25, 0.3) is 5.89 Å². The first-order valence-electron chi connectivity index (χ1n) is 6.12. The maximum Gasteiger partial charge on any atom is 0.280 e. The van der Waals surface area contributed by atoms with Crippen LogP contribution in [0, 0.1) is 0 Å². The van der Waals surface area contributed by atoms with E-state index in [1.807, 2.05) is 19.9 Å². The van der Waals surface area contributed by atoms with E-state index in [-0.39, 0.29) is 11.8 Å². The lowest BCUT2D eigenvalue weighted by Gasteiger charge is -1.97. The third-order valence-electron chi connectivity index (χ3n) is 3.05. The number of hydrogen-bond donors (Lipinski definition) is 0. The molecule has 0 bridgehead atoms. The largest absolute Gasteiger partial charge is 0.381 e. The van der Waals surface area contributed by atoms with Crippen LogP contribution in [0.1, 0.15) is 43.7 Å². The second-order valence-electron chi connectivity index (χ2n) is 4.79. The van der Waals surface area contributed by atoms with Crippen LogP contribution in [0.25, 0.3) is 11.6 Å². The van der Waals surface area contributed by atoms with Gasteiger partial charge in [-0.05, 0) is 6.42 Å². The fraction of sp³-hybridized carbons (Fsp3) is 0.583. The summed E-state index contributed by atoms with van der Waals surface area (Å²) in [5.74, 6) is 2.44. The Morgan fingerprint density at radius 3 is 2.83 bits per heavy atom. The molecule has 1 atom stereocenters. The van der Waals surface area contributed by atoms with Gasteiger partial charge in [-0.2, -0.15) is 4.98 Å². The molecule has 0 spiro atoms. The van der Waals surface area contributed by atoms with Gasteiger partial charge in [0, 0.05) is 24.5 Å². The van der Waals surface area contributed by atoms with Gasteiger partial charge in [-0.3, -0.25) is 0 Å². The minimum Gasteiger partial charge on any atom is -0.381 e. The standard InChI is InChI=1S/C12H15N3O3/c1-7(2)10-5-9(14-17-10)12-13-11(15-18-12)8-3-4-16-6-8/h5,7-8H,3-4,6H2,1-2H3. The smallest absolute Gasteiger partial charge is 0.280 e. The molecule has 0 aliphatic carbocycles. The molecular formula is C12H15N3O3. The number of hydrogen-bond acceptors (Lipinski definition) is 6. The fourth-order valence-corrected chi connectivity index (χ4v) is 1.91. The molecule has 0 amide bonds. The van der Waals surface area contributed by atoms with Crippen LogP contribution in [0.4, 0.5) is 0 Å². The van der Waals surface area contributed by atoms with Crippen molar-refractivity contribution in [2.45, 2.75) is 32.1 Å².